The molecule has 1 heterocycles. The molecule has 0 radical (unpaired) electrons. The molecule has 0 atom stereocenters. The van der Waals surface area contributed by atoms with Crippen LogP contribution in [-0.2, 0) is 4.79 Å². The van der Waals surface area contributed by atoms with E-state index >= 15 is 0 Å². The lowest BCUT2D eigenvalue weighted by Crippen LogP contribution is -2.37. The maximum atomic E-state index is 11.1. The minimum atomic E-state index is -1.30. The molecule has 0 aliphatic carbocycles. The highest BCUT2D eigenvalue weighted by molar-refractivity contribution is 6.33. The Kier molecular flexibility index (Phi) is 4.51. The van der Waals surface area contributed by atoms with Crippen molar-refractivity contribution >= 4 is 17.6 Å². The van der Waals surface area contributed by atoms with Gasteiger partial charge in [-0.25, -0.2) is 4.79 Å². The van der Waals surface area contributed by atoms with Gasteiger partial charge in [-0.1, -0.05) is 35.0 Å². The second-order valence-electron chi connectivity index (χ2n) is 6.00. The van der Waals surface area contributed by atoms with E-state index in [0.29, 0.717) is 22.2 Å². The van der Waals surface area contributed by atoms with E-state index in [4.69, 9.17) is 26.0 Å². The number of halogens is 1. The number of aromatic nitrogens is 1. The number of hydrogen-bond acceptors (Lipinski definition) is 4. The number of ether oxygens (including phenoxy) is 1. The van der Waals surface area contributed by atoms with E-state index in [9.17, 15) is 4.79 Å². The molecule has 0 unspecified atom stereocenters. The van der Waals surface area contributed by atoms with Crippen LogP contribution in [0.3, 0.4) is 0 Å². The summed E-state index contributed by atoms with van der Waals surface area (Å²) in [5.41, 5.74) is 0.937. The number of aliphatic carboxylic acids is 1. The van der Waals surface area contributed by atoms with Crippen LogP contribution in [0.2, 0.25) is 5.02 Å². The molecule has 0 bridgehead atoms. The van der Waals surface area contributed by atoms with Gasteiger partial charge in [0.1, 0.15) is 11.4 Å². The Labute approximate surface area is 149 Å². The highest BCUT2D eigenvalue weighted by Gasteiger charge is 2.29. The lowest BCUT2D eigenvalue weighted by Gasteiger charge is -2.21. The number of carboxylic acid groups (broad SMARTS) is 1. The molecular weight excluding hydrogens is 342 g/mol. The van der Waals surface area contributed by atoms with Crippen molar-refractivity contribution in [3.8, 4) is 28.3 Å². The van der Waals surface area contributed by atoms with Crippen molar-refractivity contribution in [2.45, 2.75) is 19.4 Å². The number of rotatable bonds is 5. The van der Waals surface area contributed by atoms with Crippen LogP contribution in [0, 0.1) is 0 Å². The maximum absolute atomic E-state index is 11.1. The molecule has 0 aliphatic heterocycles. The van der Waals surface area contributed by atoms with E-state index < -0.39 is 11.6 Å². The summed E-state index contributed by atoms with van der Waals surface area (Å²) in [5, 5.41) is 13.8. The fourth-order valence-electron chi connectivity index (χ4n) is 2.23. The topological polar surface area (TPSA) is 72.6 Å². The standard InChI is InChI=1S/C19H16ClNO4/c1-19(2,18(22)23)24-13-9-7-12(8-10-13)17-11-16(21-25-17)14-5-3-4-6-15(14)20/h3-11H,1-2H3,(H,22,23). The summed E-state index contributed by atoms with van der Waals surface area (Å²) in [7, 11) is 0. The van der Waals surface area contributed by atoms with Gasteiger partial charge < -0.3 is 14.4 Å². The average Bonchev–Trinajstić information content (AvgIpc) is 3.05. The van der Waals surface area contributed by atoms with E-state index in [-0.39, 0.29) is 0 Å². The molecular formula is C19H16ClNO4. The largest absolute Gasteiger partial charge is 0.478 e. The smallest absolute Gasteiger partial charge is 0.347 e. The van der Waals surface area contributed by atoms with Crippen LogP contribution >= 0.6 is 11.6 Å². The minimum absolute atomic E-state index is 0.460. The number of hydrogen-bond donors (Lipinski definition) is 1. The summed E-state index contributed by atoms with van der Waals surface area (Å²) in [6, 6.07) is 16.1. The quantitative estimate of drug-likeness (QED) is 0.702. The monoisotopic (exact) mass is 357 g/mol. The molecule has 0 spiro atoms. The van der Waals surface area contributed by atoms with Gasteiger partial charge in [-0.05, 0) is 44.2 Å². The van der Waals surface area contributed by atoms with Crippen molar-refractivity contribution in [3.05, 3.63) is 59.6 Å². The maximum Gasteiger partial charge on any atom is 0.347 e. The summed E-state index contributed by atoms with van der Waals surface area (Å²) in [4.78, 5) is 11.1. The zero-order valence-electron chi connectivity index (χ0n) is 13.7. The first kappa shape index (κ1) is 17.0. The Bertz CT molecular complexity index is 900. The normalized spacial score (nSPS) is 11.3. The van der Waals surface area contributed by atoms with Gasteiger partial charge in [-0.2, -0.15) is 0 Å². The van der Waals surface area contributed by atoms with Crippen LogP contribution in [0.1, 0.15) is 13.8 Å². The lowest BCUT2D eigenvalue weighted by atomic mass is 10.1. The predicted octanol–water partition coefficient (Wildman–Crippen LogP) is 4.90. The van der Waals surface area contributed by atoms with Crippen LogP contribution in [0.15, 0.2) is 59.1 Å². The molecule has 0 aliphatic rings. The van der Waals surface area contributed by atoms with Gasteiger partial charge in [0.2, 0.25) is 0 Å². The summed E-state index contributed by atoms with van der Waals surface area (Å²) in [6.07, 6.45) is 0. The van der Waals surface area contributed by atoms with Gasteiger partial charge in [-0.15, -0.1) is 0 Å². The Hall–Kier alpha value is -2.79. The third-order valence-electron chi connectivity index (χ3n) is 3.69. The second-order valence-corrected chi connectivity index (χ2v) is 6.41. The Morgan fingerprint density at radius 3 is 2.48 bits per heavy atom. The molecule has 6 heteroatoms. The van der Waals surface area contributed by atoms with Gasteiger partial charge in [0.05, 0.1) is 5.02 Å². The molecule has 1 aromatic heterocycles. The van der Waals surface area contributed by atoms with E-state index in [1.807, 2.05) is 18.2 Å². The number of carboxylic acids is 1. The van der Waals surface area contributed by atoms with Gasteiger partial charge in [-0.3, -0.25) is 0 Å². The highest BCUT2D eigenvalue weighted by atomic mass is 35.5. The van der Waals surface area contributed by atoms with Gasteiger partial charge >= 0.3 is 5.97 Å². The Balaban J connectivity index is 1.82. The molecule has 0 amide bonds. The van der Waals surface area contributed by atoms with Crippen molar-refractivity contribution in [2.24, 2.45) is 0 Å². The van der Waals surface area contributed by atoms with E-state index in [0.717, 1.165) is 11.1 Å². The van der Waals surface area contributed by atoms with Crippen LogP contribution in [0.5, 0.6) is 5.75 Å². The molecule has 25 heavy (non-hydrogen) atoms. The van der Waals surface area contributed by atoms with Crippen molar-refractivity contribution in [1.82, 2.24) is 5.16 Å². The van der Waals surface area contributed by atoms with Crippen molar-refractivity contribution in [3.63, 3.8) is 0 Å². The van der Waals surface area contributed by atoms with Gasteiger partial charge in [0.25, 0.3) is 0 Å². The van der Waals surface area contributed by atoms with E-state index in [1.54, 1.807) is 36.4 Å². The molecule has 0 saturated heterocycles. The first-order valence-electron chi connectivity index (χ1n) is 7.61. The van der Waals surface area contributed by atoms with Crippen LogP contribution in [0.25, 0.3) is 22.6 Å². The first-order chi connectivity index (χ1) is 11.9. The molecule has 5 nitrogen and oxygen atoms in total. The summed E-state index contributed by atoms with van der Waals surface area (Å²) < 4.78 is 10.9. The van der Waals surface area contributed by atoms with E-state index in [2.05, 4.69) is 5.16 Å². The molecule has 0 saturated carbocycles. The average molecular weight is 358 g/mol. The lowest BCUT2D eigenvalue weighted by molar-refractivity contribution is -0.152. The minimum Gasteiger partial charge on any atom is -0.478 e. The van der Waals surface area contributed by atoms with Crippen molar-refractivity contribution < 1.29 is 19.2 Å². The second kappa shape index (κ2) is 6.61. The number of carbonyl (C=O) groups is 1. The molecule has 1 N–H and O–H groups in total. The summed E-state index contributed by atoms with van der Waals surface area (Å²) >= 11 is 6.18. The van der Waals surface area contributed by atoms with Crippen molar-refractivity contribution in [1.29, 1.82) is 0 Å². The van der Waals surface area contributed by atoms with Crippen molar-refractivity contribution in [2.75, 3.05) is 0 Å². The molecule has 3 rings (SSSR count). The third-order valence-corrected chi connectivity index (χ3v) is 4.02. The molecule has 3 aromatic rings. The molecule has 128 valence electrons. The fourth-order valence-corrected chi connectivity index (χ4v) is 2.47. The highest BCUT2D eigenvalue weighted by Crippen LogP contribution is 2.31. The first-order valence-corrected chi connectivity index (χ1v) is 7.99. The van der Waals surface area contributed by atoms with E-state index in [1.165, 1.54) is 13.8 Å². The van der Waals surface area contributed by atoms with Crippen LogP contribution < -0.4 is 4.74 Å². The molecule has 0 fully saturated rings. The Morgan fingerprint density at radius 1 is 1.16 bits per heavy atom. The zero-order valence-corrected chi connectivity index (χ0v) is 14.4. The Morgan fingerprint density at radius 2 is 1.84 bits per heavy atom. The summed E-state index contributed by atoms with van der Waals surface area (Å²) in [6.45, 7) is 2.99. The number of benzene rings is 2. The van der Waals surface area contributed by atoms with Gasteiger partial charge in [0, 0.05) is 17.2 Å². The number of nitrogens with zero attached hydrogens (tertiary/aromatic N) is 1. The van der Waals surface area contributed by atoms with Crippen LogP contribution in [-0.4, -0.2) is 21.8 Å². The zero-order chi connectivity index (χ0) is 18.0. The van der Waals surface area contributed by atoms with Crippen LogP contribution in [0.4, 0.5) is 0 Å². The predicted molar refractivity (Wildman–Crippen MR) is 94.7 cm³/mol. The summed E-state index contributed by atoms with van der Waals surface area (Å²) in [5.74, 6) is 0.0112. The van der Waals surface area contributed by atoms with Gasteiger partial charge in [0.15, 0.2) is 11.4 Å². The fraction of sp³-hybridized carbons (Fsp3) is 0.158. The third kappa shape index (κ3) is 3.67. The molecule has 2 aromatic carbocycles. The SMILES string of the molecule is CC(C)(Oc1ccc(-c2cc(-c3ccccc3Cl)no2)cc1)C(=O)O.